The molecule has 4 aromatic rings. The van der Waals surface area contributed by atoms with Gasteiger partial charge in [0.1, 0.15) is 0 Å². The summed E-state index contributed by atoms with van der Waals surface area (Å²) in [5.74, 6) is -0.431. The molecular formula is C21H17N3O3S. The molecule has 0 aliphatic rings. The Balaban J connectivity index is 1.43. The Morgan fingerprint density at radius 1 is 1.07 bits per heavy atom. The van der Waals surface area contributed by atoms with E-state index in [1.54, 1.807) is 24.3 Å². The molecule has 0 bridgehead atoms. The van der Waals surface area contributed by atoms with Crippen LogP contribution >= 0.6 is 11.8 Å². The molecule has 0 unspecified atom stereocenters. The van der Waals surface area contributed by atoms with Gasteiger partial charge in [-0.25, -0.2) is 9.78 Å². The van der Waals surface area contributed by atoms with Crippen LogP contribution in [0.3, 0.4) is 0 Å². The summed E-state index contributed by atoms with van der Waals surface area (Å²) in [6.45, 7) is 0. The predicted molar refractivity (Wildman–Crippen MR) is 111 cm³/mol. The fraction of sp³-hybridized carbons (Fsp3) is 0.0952. The molecule has 0 spiro atoms. The van der Waals surface area contributed by atoms with Crippen LogP contribution in [-0.4, -0.2) is 34.7 Å². The summed E-state index contributed by atoms with van der Waals surface area (Å²) < 4.78 is 4.69. The maximum Gasteiger partial charge on any atom is 0.337 e. The lowest BCUT2D eigenvalue weighted by Gasteiger charge is -2.06. The number of hydrogen-bond acceptors (Lipinski definition) is 5. The predicted octanol–water partition coefficient (Wildman–Crippen LogP) is 4.23. The number of ether oxygens (including phenoxy) is 1. The van der Waals surface area contributed by atoms with E-state index in [9.17, 15) is 9.59 Å². The summed E-state index contributed by atoms with van der Waals surface area (Å²) in [6.07, 6.45) is 0. The summed E-state index contributed by atoms with van der Waals surface area (Å²) >= 11 is 1.32. The summed E-state index contributed by atoms with van der Waals surface area (Å²) in [5, 5.41) is 5.73. The van der Waals surface area contributed by atoms with Crippen molar-refractivity contribution < 1.29 is 14.3 Å². The van der Waals surface area contributed by atoms with Gasteiger partial charge in [0.05, 0.1) is 29.5 Å². The number of methoxy groups -OCH3 is 1. The number of benzene rings is 3. The molecule has 28 heavy (non-hydrogen) atoms. The van der Waals surface area contributed by atoms with Crippen LogP contribution in [0.2, 0.25) is 0 Å². The first-order valence-electron chi connectivity index (χ1n) is 8.62. The number of fused-ring (bicyclic) bond motifs is 2. The van der Waals surface area contributed by atoms with Gasteiger partial charge in [0.15, 0.2) is 5.16 Å². The van der Waals surface area contributed by atoms with Gasteiger partial charge in [-0.2, -0.15) is 0 Å². The number of imidazole rings is 1. The van der Waals surface area contributed by atoms with Gasteiger partial charge in [0, 0.05) is 5.69 Å². The Labute approximate surface area is 165 Å². The Hall–Kier alpha value is -3.32. The van der Waals surface area contributed by atoms with Crippen LogP contribution in [0.25, 0.3) is 21.8 Å². The maximum absolute atomic E-state index is 12.3. The molecule has 1 heterocycles. The highest BCUT2D eigenvalue weighted by Gasteiger charge is 2.10. The molecule has 2 N–H and O–H groups in total. The highest BCUT2D eigenvalue weighted by atomic mass is 32.2. The number of esters is 1. The van der Waals surface area contributed by atoms with Crippen molar-refractivity contribution in [1.82, 2.24) is 9.97 Å². The molecule has 0 atom stereocenters. The van der Waals surface area contributed by atoms with Crippen LogP contribution < -0.4 is 5.32 Å². The number of H-pyrrole nitrogens is 1. The lowest BCUT2D eigenvalue weighted by Crippen LogP contribution is -2.14. The first-order valence-corrected chi connectivity index (χ1v) is 9.60. The summed E-state index contributed by atoms with van der Waals surface area (Å²) in [6, 6.07) is 18.8. The van der Waals surface area contributed by atoms with Crippen molar-refractivity contribution in [3.05, 3.63) is 66.2 Å². The normalized spacial score (nSPS) is 10.9. The van der Waals surface area contributed by atoms with Gasteiger partial charge in [-0.1, -0.05) is 42.1 Å². The van der Waals surface area contributed by atoms with E-state index in [4.69, 9.17) is 4.74 Å². The Morgan fingerprint density at radius 3 is 2.64 bits per heavy atom. The molecule has 1 aromatic heterocycles. The van der Waals surface area contributed by atoms with Crippen molar-refractivity contribution in [2.75, 3.05) is 18.2 Å². The maximum atomic E-state index is 12.3. The van der Waals surface area contributed by atoms with E-state index in [1.165, 1.54) is 18.9 Å². The molecule has 6 nitrogen and oxygen atoms in total. The third-order valence-electron chi connectivity index (χ3n) is 4.24. The largest absolute Gasteiger partial charge is 0.465 e. The average Bonchev–Trinajstić information content (AvgIpc) is 3.11. The van der Waals surface area contributed by atoms with E-state index in [0.717, 1.165) is 21.8 Å². The van der Waals surface area contributed by atoms with Crippen LogP contribution in [-0.2, 0) is 9.53 Å². The van der Waals surface area contributed by atoms with Crippen molar-refractivity contribution in [3.8, 4) is 0 Å². The number of rotatable bonds is 5. The average molecular weight is 391 g/mol. The summed E-state index contributed by atoms with van der Waals surface area (Å²) in [5.41, 5.74) is 2.74. The number of nitrogens with one attached hydrogen (secondary N) is 2. The molecule has 140 valence electrons. The van der Waals surface area contributed by atoms with Crippen molar-refractivity contribution in [1.29, 1.82) is 0 Å². The SMILES string of the molecule is COC(=O)c1cccc(NC(=O)CSc2nc3cc4ccccc4cc3[nH]2)c1. The Kier molecular flexibility index (Phi) is 4.99. The van der Waals surface area contributed by atoms with Gasteiger partial charge in [0.25, 0.3) is 0 Å². The second-order valence-electron chi connectivity index (χ2n) is 6.17. The standard InChI is InChI=1S/C21H17N3O3S/c1-27-20(26)15-7-4-8-16(9-15)22-19(25)12-28-21-23-17-10-13-5-2-3-6-14(13)11-18(17)24-21/h2-11H,12H2,1H3,(H,22,25)(H,23,24). The number of aromatic amines is 1. The van der Waals surface area contributed by atoms with E-state index in [2.05, 4.69) is 27.4 Å². The smallest absolute Gasteiger partial charge is 0.337 e. The Bertz CT molecular complexity index is 1130. The number of aromatic nitrogens is 2. The molecule has 0 saturated heterocycles. The minimum Gasteiger partial charge on any atom is -0.465 e. The van der Waals surface area contributed by atoms with Gasteiger partial charge in [-0.05, 0) is 41.1 Å². The molecule has 3 aromatic carbocycles. The fourth-order valence-electron chi connectivity index (χ4n) is 2.91. The van der Waals surface area contributed by atoms with Gasteiger partial charge in [-0.15, -0.1) is 0 Å². The number of carbonyl (C=O) groups excluding carboxylic acids is 2. The zero-order valence-corrected chi connectivity index (χ0v) is 15.9. The Morgan fingerprint density at radius 2 is 1.86 bits per heavy atom. The van der Waals surface area contributed by atoms with Crippen LogP contribution in [0.5, 0.6) is 0 Å². The third-order valence-corrected chi connectivity index (χ3v) is 5.11. The molecule has 0 saturated carbocycles. The minimum atomic E-state index is -0.444. The molecule has 7 heteroatoms. The number of carbonyl (C=O) groups is 2. The number of anilines is 1. The molecule has 0 aliphatic carbocycles. The summed E-state index contributed by atoms with van der Waals surface area (Å²) in [4.78, 5) is 31.6. The second kappa shape index (κ2) is 7.74. The van der Waals surface area contributed by atoms with Crippen molar-refractivity contribution in [2.45, 2.75) is 5.16 Å². The molecular weight excluding hydrogens is 374 g/mol. The van der Waals surface area contributed by atoms with Gasteiger partial charge >= 0.3 is 5.97 Å². The van der Waals surface area contributed by atoms with E-state index >= 15 is 0 Å². The lowest BCUT2D eigenvalue weighted by atomic mass is 10.1. The monoisotopic (exact) mass is 391 g/mol. The zero-order valence-electron chi connectivity index (χ0n) is 15.1. The molecule has 0 fully saturated rings. The van der Waals surface area contributed by atoms with Gasteiger partial charge < -0.3 is 15.0 Å². The van der Waals surface area contributed by atoms with Crippen LogP contribution in [0.15, 0.2) is 65.8 Å². The van der Waals surface area contributed by atoms with E-state index in [-0.39, 0.29) is 11.7 Å². The van der Waals surface area contributed by atoms with E-state index in [0.29, 0.717) is 16.4 Å². The highest BCUT2D eigenvalue weighted by Crippen LogP contribution is 2.24. The van der Waals surface area contributed by atoms with Crippen molar-refractivity contribution >= 4 is 51.1 Å². The van der Waals surface area contributed by atoms with Crippen molar-refractivity contribution in [2.24, 2.45) is 0 Å². The zero-order chi connectivity index (χ0) is 19.5. The lowest BCUT2D eigenvalue weighted by molar-refractivity contribution is -0.113. The number of nitrogens with zero attached hydrogens (tertiary/aromatic N) is 1. The molecule has 0 aliphatic heterocycles. The van der Waals surface area contributed by atoms with Crippen LogP contribution in [0.1, 0.15) is 10.4 Å². The van der Waals surface area contributed by atoms with E-state index < -0.39 is 5.97 Å². The van der Waals surface area contributed by atoms with Gasteiger partial charge in [0.2, 0.25) is 5.91 Å². The van der Waals surface area contributed by atoms with Crippen LogP contribution in [0.4, 0.5) is 5.69 Å². The quantitative estimate of drug-likeness (QED) is 0.393. The molecule has 1 amide bonds. The van der Waals surface area contributed by atoms with E-state index in [1.807, 2.05) is 24.3 Å². The second-order valence-corrected chi connectivity index (χ2v) is 7.13. The third kappa shape index (κ3) is 3.84. The fourth-order valence-corrected chi connectivity index (χ4v) is 3.60. The van der Waals surface area contributed by atoms with Crippen molar-refractivity contribution in [3.63, 3.8) is 0 Å². The summed E-state index contributed by atoms with van der Waals surface area (Å²) in [7, 11) is 1.32. The number of amides is 1. The first kappa shape index (κ1) is 18.1. The van der Waals surface area contributed by atoms with Gasteiger partial charge in [-0.3, -0.25) is 4.79 Å². The van der Waals surface area contributed by atoms with Crippen LogP contribution in [0, 0.1) is 0 Å². The topological polar surface area (TPSA) is 84.1 Å². The minimum absolute atomic E-state index is 0.183. The molecule has 4 rings (SSSR count). The molecule has 0 radical (unpaired) electrons. The first-order chi connectivity index (χ1) is 13.6. The number of hydrogen-bond donors (Lipinski definition) is 2. The highest BCUT2D eigenvalue weighted by molar-refractivity contribution is 7.99. The number of thioether (sulfide) groups is 1.